The van der Waals surface area contributed by atoms with Crippen molar-refractivity contribution in [3.05, 3.63) is 54.1 Å². The van der Waals surface area contributed by atoms with E-state index in [0.717, 1.165) is 11.3 Å². The van der Waals surface area contributed by atoms with Gasteiger partial charge in [0.25, 0.3) is 0 Å². The summed E-state index contributed by atoms with van der Waals surface area (Å²) in [6.07, 6.45) is 1.57. The third-order valence-corrected chi connectivity index (χ3v) is 2.80. The lowest BCUT2D eigenvalue weighted by molar-refractivity contribution is 0.417. The highest BCUT2D eigenvalue weighted by atomic mass is 32.1. The average molecular weight is 301 g/mol. The van der Waals surface area contributed by atoms with Crippen LogP contribution in [0.5, 0.6) is 11.5 Å². The molecule has 21 heavy (non-hydrogen) atoms. The molecule has 0 bridgehead atoms. The molecule has 0 unspecified atom stereocenters. The maximum atomic E-state index is 9.34. The van der Waals surface area contributed by atoms with Gasteiger partial charge in [0.05, 0.1) is 19.0 Å². The van der Waals surface area contributed by atoms with E-state index in [1.807, 2.05) is 30.3 Å². The number of hydrogen-bond donors (Lipinski definition) is 3. The van der Waals surface area contributed by atoms with E-state index in [4.69, 9.17) is 17.0 Å². The summed E-state index contributed by atoms with van der Waals surface area (Å²) >= 11 is 5.14. The fraction of sp³-hybridized carbons (Fsp3) is 0.0667. The van der Waals surface area contributed by atoms with E-state index in [1.54, 1.807) is 31.5 Å². The van der Waals surface area contributed by atoms with Gasteiger partial charge in [-0.2, -0.15) is 5.10 Å². The number of hydrogen-bond acceptors (Lipinski definition) is 4. The van der Waals surface area contributed by atoms with Gasteiger partial charge in [0.2, 0.25) is 0 Å². The molecule has 0 aliphatic rings. The van der Waals surface area contributed by atoms with Crippen LogP contribution >= 0.6 is 12.2 Å². The normalized spacial score (nSPS) is 10.3. The number of nitrogens with zero attached hydrogens (tertiary/aromatic N) is 1. The van der Waals surface area contributed by atoms with Gasteiger partial charge < -0.3 is 15.2 Å². The minimum atomic E-state index is 0.189. The van der Waals surface area contributed by atoms with Gasteiger partial charge in [0.1, 0.15) is 11.5 Å². The third-order valence-electron chi connectivity index (χ3n) is 2.61. The molecule has 0 saturated carbocycles. The average Bonchev–Trinajstić information content (AvgIpc) is 2.48. The molecule has 108 valence electrons. The number of phenols is 1. The number of ether oxygens (including phenoxy) is 1. The molecule has 0 spiro atoms. The summed E-state index contributed by atoms with van der Waals surface area (Å²) in [5.41, 5.74) is 4.22. The number of para-hydroxylation sites is 2. The van der Waals surface area contributed by atoms with E-state index in [9.17, 15) is 5.11 Å². The number of benzene rings is 2. The molecule has 2 rings (SSSR count). The van der Waals surface area contributed by atoms with Crippen molar-refractivity contribution in [1.29, 1.82) is 0 Å². The van der Waals surface area contributed by atoms with Crippen LogP contribution in [0.15, 0.2) is 53.6 Å². The fourth-order valence-electron chi connectivity index (χ4n) is 1.67. The van der Waals surface area contributed by atoms with Gasteiger partial charge >= 0.3 is 0 Å². The molecule has 0 aromatic heterocycles. The maximum Gasteiger partial charge on any atom is 0.191 e. The lowest BCUT2D eigenvalue weighted by Gasteiger charge is -2.10. The molecule has 0 atom stereocenters. The highest BCUT2D eigenvalue weighted by molar-refractivity contribution is 7.80. The van der Waals surface area contributed by atoms with Gasteiger partial charge in [-0.1, -0.05) is 24.3 Å². The molecule has 5 nitrogen and oxygen atoms in total. The van der Waals surface area contributed by atoms with Gasteiger partial charge in [0.15, 0.2) is 5.11 Å². The molecule has 6 heteroatoms. The zero-order chi connectivity index (χ0) is 15.1. The second-order valence-electron chi connectivity index (χ2n) is 4.12. The van der Waals surface area contributed by atoms with Crippen LogP contribution in [0, 0.1) is 0 Å². The van der Waals surface area contributed by atoms with Gasteiger partial charge in [-0.25, -0.2) is 0 Å². The summed E-state index contributed by atoms with van der Waals surface area (Å²) < 4.78 is 5.22. The van der Waals surface area contributed by atoms with Crippen LogP contribution < -0.4 is 15.5 Å². The second-order valence-corrected chi connectivity index (χ2v) is 4.53. The molecule has 0 aliphatic carbocycles. The molecule has 3 N–H and O–H groups in total. The van der Waals surface area contributed by atoms with E-state index in [-0.39, 0.29) is 5.75 Å². The molecular weight excluding hydrogens is 286 g/mol. The Morgan fingerprint density at radius 2 is 2.05 bits per heavy atom. The fourth-order valence-corrected chi connectivity index (χ4v) is 1.83. The van der Waals surface area contributed by atoms with Crippen molar-refractivity contribution in [2.75, 3.05) is 12.4 Å². The van der Waals surface area contributed by atoms with Crippen LogP contribution in [0.3, 0.4) is 0 Å². The third kappa shape index (κ3) is 4.47. The van der Waals surface area contributed by atoms with Crippen molar-refractivity contribution in [3.63, 3.8) is 0 Å². The quantitative estimate of drug-likeness (QED) is 0.460. The van der Waals surface area contributed by atoms with Crippen LogP contribution in [0.2, 0.25) is 0 Å². The van der Waals surface area contributed by atoms with Crippen molar-refractivity contribution in [3.8, 4) is 11.5 Å². The predicted octanol–water partition coefficient (Wildman–Crippen LogP) is 2.72. The zero-order valence-corrected chi connectivity index (χ0v) is 12.2. The summed E-state index contributed by atoms with van der Waals surface area (Å²) in [4.78, 5) is 0. The number of rotatable bonds is 4. The summed E-state index contributed by atoms with van der Waals surface area (Å²) in [5, 5.41) is 16.7. The molecule has 0 aliphatic heterocycles. The summed E-state index contributed by atoms with van der Waals surface area (Å²) in [6, 6.07) is 14.2. The number of nitrogens with one attached hydrogen (secondary N) is 2. The highest BCUT2D eigenvalue weighted by Crippen LogP contribution is 2.22. The van der Waals surface area contributed by atoms with Crippen LogP contribution in [0.1, 0.15) is 5.56 Å². The second kappa shape index (κ2) is 7.25. The molecular formula is C15H15N3O2S. The van der Waals surface area contributed by atoms with Gasteiger partial charge in [-0.15, -0.1) is 0 Å². The van der Waals surface area contributed by atoms with Crippen molar-refractivity contribution in [1.82, 2.24) is 5.43 Å². The Labute approximate surface area is 128 Å². The first kappa shape index (κ1) is 14.8. The number of phenolic OH excluding ortho intramolecular Hbond substituents is 1. The van der Waals surface area contributed by atoms with E-state index >= 15 is 0 Å². The monoisotopic (exact) mass is 301 g/mol. The molecule has 2 aromatic carbocycles. The van der Waals surface area contributed by atoms with E-state index in [2.05, 4.69) is 15.8 Å². The smallest absolute Gasteiger partial charge is 0.191 e. The number of methoxy groups -OCH3 is 1. The first-order valence-corrected chi connectivity index (χ1v) is 6.62. The Morgan fingerprint density at radius 1 is 1.24 bits per heavy atom. The number of aromatic hydroxyl groups is 1. The number of hydrazone groups is 1. The van der Waals surface area contributed by atoms with Crippen LogP contribution in [-0.2, 0) is 0 Å². The van der Waals surface area contributed by atoms with Gasteiger partial charge in [0, 0.05) is 0 Å². The molecule has 0 radical (unpaired) electrons. The summed E-state index contributed by atoms with van der Waals surface area (Å²) in [5.74, 6) is 0.882. The standard InChI is InChI=1S/C15H15N3O2S/c1-20-14-8-3-2-7-13(14)17-15(21)18-16-10-11-5-4-6-12(19)9-11/h2-10,19H,1H3,(H2,17,18,21)/b16-10-. The molecule has 2 aromatic rings. The van der Waals surface area contributed by atoms with Crippen molar-refractivity contribution < 1.29 is 9.84 Å². The topological polar surface area (TPSA) is 65.9 Å². The van der Waals surface area contributed by atoms with Crippen LogP contribution in [0.4, 0.5) is 5.69 Å². The van der Waals surface area contributed by atoms with E-state index in [0.29, 0.717) is 10.9 Å². The molecule has 0 saturated heterocycles. The van der Waals surface area contributed by atoms with Crippen molar-refractivity contribution in [2.24, 2.45) is 5.10 Å². The first-order valence-electron chi connectivity index (χ1n) is 6.21. The van der Waals surface area contributed by atoms with Crippen molar-refractivity contribution >= 4 is 29.2 Å². The summed E-state index contributed by atoms with van der Waals surface area (Å²) in [6.45, 7) is 0. The van der Waals surface area contributed by atoms with Crippen molar-refractivity contribution in [2.45, 2.75) is 0 Å². The highest BCUT2D eigenvalue weighted by Gasteiger charge is 2.02. The SMILES string of the molecule is COc1ccccc1NC(=S)N/N=C\c1cccc(O)c1. The zero-order valence-electron chi connectivity index (χ0n) is 11.4. The molecule has 0 fully saturated rings. The predicted molar refractivity (Wildman–Crippen MR) is 88.1 cm³/mol. The van der Waals surface area contributed by atoms with E-state index in [1.165, 1.54) is 0 Å². The van der Waals surface area contributed by atoms with Gasteiger partial charge in [-0.3, -0.25) is 5.43 Å². The molecule has 0 amide bonds. The Balaban J connectivity index is 1.93. The van der Waals surface area contributed by atoms with Crippen LogP contribution in [-0.4, -0.2) is 23.5 Å². The van der Waals surface area contributed by atoms with Gasteiger partial charge in [-0.05, 0) is 42.0 Å². The lowest BCUT2D eigenvalue weighted by atomic mass is 10.2. The molecule has 0 heterocycles. The Bertz CT molecular complexity index is 659. The summed E-state index contributed by atoms with van der Waals surface area (Å²) in [7, 11) is 1.59. The van der Waals surface area contributed by atoms with Crippen LogP contribution in [0.25, 0.3) is 0 Å². The number of anilines is 1. The largest absolute Gasteiger partial charge is 0.508 e. The van der Waals surface area contributed by atoms with E-state index < -0.39 is 0 Å². The maximum absolute atomic E-state index is 9.34. The number of thiocarbonyl (C=S) groups is 1. The Hall–Kier alpha value is -2.60. The minimum absolute atomic E-state index is 0.189. The Kier molecular flexibility index (Phi) is 5.11. The Morgan fingerprint density at radius 3 is 2.81 bits per heavy atom. The lowest BCUT2D eigenvalue weighted by Crippen LogP contribution is -2.24. The first-order chi connectivity index (χ1) is 10.2. The minimum Gasteiger partial charge on any atom is -0.508 e.